The maximum Gasteiger partial charge on any atom is 0.338 e. The molecule has 0 spiro atoms. The SMILES string of the molecule is CON=C[C@@H](F)[C@H](OC(=O)c1ccc(C)cc1)[C@@H](C)COC(=O)c1ccc(C)cc1.Cc1ccc(C(=O)OC[C@H](C)[C@@H](OC(=O)c2ccc(C)cc2)[C@H](F)C=O)cc1. The lowest BCUT2D eigenvalue weighted by atomic mass is 10.0. The Bertz CT molecular complexity index is 1970. The van der Waals surface area contributed by atoms with Gasteiger partial charge in [0, 0.05) is 11.8 Å². The van der Waals surface area contributed by atoms with Crippen LogP contribution in [0.1, 0.15) is 77.5 Å². The zero-order valence-electron chi connectivity index (χ0n) is 33.6. The third kappa shape index (κ3) is 14.7. The van der Waals surface area contributed by atoms with Crippen LogP contribution >= 0.6 is 0 Å². The van der Waals surface area contributed by atoms with Gasteiger partial charge in [0.05, 0.1) is 41.7 Å². The Labute approximate surface area is 337 Å². The molecule has 0 unspecified atom stereocenters. The predicted octanol–water partition coefficient (Wildman–Crippen LogP) is 8.15. The molecule has 0 fully saturated rings. The van der Waals surface area contributed by atoms with E-state index in [1.165, 1.54) is 7.11 Å². The molecule has 13 heteroatoms. The Kier molecular flexibility index (Phi) is 18.4. The summed E-state index contributed by atoms with van der Waals surface area (Å²) in [6.45, 7) is 10.4. The Balaban J connectivity index is 0.000000311. The van der Waals surface area contributed by atoms with Crippen molar-refractivity contribution >= 4 is 36.4 Å². The number of halogens is 2. The second-order valence-electron chi connectivity index (χ2n) is 13.8. The second kappa shape index (κ2) is 23.1. The minimum Gasteiger partial charge on any atom is -0.462 e. The van der Waals surface area contributed by atoms with Gasteiger partial charge >= 0.3 is 23.9 Å². The van der Waals surface area contributed by atoms with Gasteiger partial charge in [-0.15, -0.1) is 0 Å². The fourth-order valence-electron chi connectivity index (χ4n) is 5.18. The fourth-order valence-corrected chi connectivity index (χ4v) is 5.18. The van der Waals surface area contributed by atoms with Crippen LogP contribution in [0.2, 0.25) is 0 Å². The van der Waals surface area contributed by atoms with Crippen molar-refractivity contribution in [1.82, 2.24) is 0 Å². The van der Waals surface area contributed by atoms with E-state index in [0.29, 0.717) is 16.7 Å². The van der Waals surface area contributed by atoms with Gasteiger partial charge in [-0.05, 0) is 76.2 Å². The second-order valence-corrected chi connectivity index (χ2v) is 13.8. The van der Waals surface area contributed by atoms with Crippen LogP contribution in [-0.4, -0.2) is 81.3 Å². The summed E-state index contributed by atoms with van der Waals surface area (Å²) in [7, 11) is 1.28. The van der Waals surface area contributed by atoms with Crippen LogP contribution in [0.5, 0.6) is 0 Å². The summed E-state index contributed by atoms with van der Waals surface area (Å²) in [6.07, 6.45) is -5.37. The number of aldehydes is 1. The van der Waals surface area contributed by atoms with Gasteiger partial charge in [0.2, 0.25) is 0 Å². The zero-order valence-corrected chi connectivity index (χ0v) is 33.6. The van der Waals surface area contributed by atoms with Crippen molar-refractivity contribution in [3.05, 3.63) is 142 Å². The van der Waals surface area contributed by atoms with E-state index in [0.717, 1.165) is 28.5 Å². The monoisotopic (exact) mass is 801 g/mol. The molecule has 308 valence electrons. The van der Waals surface area contributed by atoms with Crippen molar-refractivity contribution in [1.29, 1.82) is 0 Å². The topological polar surface area (TPSA) is 144 Å². The molecule has 0 radical (unpaired) electrons. The summed E-state index contributed by atoms with van der Waals surface area (Å²) >= 11 is 0. The smallest absolute Gasteiger partial charge is 0.338 e. The number of carbonyl (C=O) groups is 5. The molecule has 4 rings (SSSR count). The molecule has 6 atom stereocenters. The van der Waals surface area contributed by atoms with Gasteiger partial charge in [-0.3, -0.25) is 4.79 Å². The first-order valence-electron chi connectivity index (χ1n) is 18.5. The van der Waals surface area contributed by atoms with Crippen LogP contribution in [0, 0.1) is 39.5 Å². The summed E-state index contributed by atoms with van der Waals surface area (Å²) < 4.78 is 49.9. The van der Waals surface area contributed by atoms with Crippen molar-refractivity contribution in [2.75, 3.05) is 20.3 Å². The Morgan fingerprint density at radius 3 is 1.12 bits per heavy atom. The van der Waals surface area contributed by atoms with Crippen LogP contribution in [0.25, 0.3) is 0 Å². The van der Waals surface area contributed by atoms with Crippen LogP contribution < -0.4 is 0 Å². The number of alkyl halides is 2. The molecule has 0 saturated carbocycles. The molecular formula is C45H49F2NO10. The summed E-state index contributed by atoms with van der Waals surface area (Å²) in [5.74, 6) is -3.88. The molecule has 0 aromatic heterocycles. The number of hydrogen-bond donors (Lipinski definition) is 0. The number of oxime groups is 1. The number of hydrogen-bond acceptors (Lipinski definition) is 11. The molecule has 0 bridgehead atoms. The van der Waals surface area contributed by atoms with Crippen LogP contribution in [0.15, 0.2) is 102 Å². The third-order valence-electron chi connectivity index (χ3n) is 8.78. The molecule has 0 aliphatic carbocycles. The first-order chi connectivity index (χ1) is 27.6. The maximum absolute atomic E-state index is 14.7. The highest BCUT2D eigenvalue weighted by Crippen LogP contribution is 2.20. The molecular weight excluding hydrogens is 752 g/mol. The third-order valence-corrected chi connectivity index (χ3v) is 8.78. The van der Waals surface area contributed by atoms with Crippen LogP contribution in [0.4, 0.5) is 8.78 Å². The number of rotatable bonds is 17. The Morgan fingerprint density at radius 2 is 0.828 bits per heavy atom. The summed E-state index contributed by atoms with van der Waals surface area (Å²) in [5.41, 5.74) is 5.25. The molecule has 0 saturated heterocycles. The number of aryl methyl sites for hydroxylation is 4. The first kappa shape index (κ1) is 46.1. The molecule has 58 heavy (non-hydrogen) atoms. The average molecular weight is 802 g/mol. The normalized spacial score (nSPS) is 13.9. The van der Waals surface area contributed by atoms with E-state index >= 15 is 0 Å². The molecule has 4 aromatic carbocycles. The number of carbonyl (C=O) groups excluding carboxylic acids is 5. The number of nitrogens with zero attached hydrogens (tertiary/aromatic N) is 1. The fraction of sp³-hybridized carbons (Fsp3) is 0.333. The predicted molar refractivity (Wildman–Crippen MR) is 213 cm³/mol. The number of ether oxygens (including phenoxy) is 4. The number of esters is 4. The van der Waals surface area contributed by atoms with Crippen molar-refractivity contribution in [2.24, 2.45) is 17.0 Å². The van der Waals surface area contributed by atoms with E-state index in [9.17, 15) is 32.8 Å². The van der Waals surface area contributed by atoms with E-state index in [2.05, 4.69) is 9.99 Å². The van der Waals surface area contributed by atoms with E-state index < -0.39 is 60.3 Å². The lowest BCUT2D eigenvalue weighted by molar-refractivity contribution is -0.117. The van der Waals surface area contributed by atoms with Crippen molar-refractivity contribution in [2.45, 2.75) is 66.1 Å². The largest absolute Gasteiger partial charge is 0.462 e. The van der Waals surface area contributed by atoms with Gasteiger partial charge in [-0.25, -0.2) is 28.0 Å². The minimum atomic E-state index is -2.03. The first-order valence-corrected chi connectivity index (χ1v) is 18.5. The van der Waals surface area contributed by atoms with E-state index in [1.807, 2.05) is 27.7 Å². The molecule has 0 aliphatic heterocycles. The quantitative estimate of drug-likeness (QED) is 0.0337. The summed E-state index contributed by atoms with van der Waals surface area (Å²) in [4.78, 5) is 64.5. The van der Waals surface area contributed by atoms with Gasteiger partial charge in [-0.2, -0.15) is 0 Å². The summed E-state index contributed by atoms with van der Waals surface area (Å²) in [6, 6.07) is 27.0. The molecule has 11 nitrogen and oxygen atoms in total. The lowest BCUT2D eigenvalue weighted by Crippen LogP contribution is -2.37. The maximum atomic E-state index is 14.7. The lowest BCUT2D eigenvalue weighted by Gasteiger charge is -2.25. The van der Waals surface area contributed by atoms with E-state index in [-0.39, 0.29) is 25.1 Å². The molecule has 0 heterocycles. The zero-order chi connectivity index (χ0) is 42.8. The molecule has 0 amide bonds. The summed E-state index contributed by atoms with van der Waals surface area (Å²) in [5, 5.41) is 3.42. The molecule has 4 aromatic rings. The van der Waals surface area contributed by atoms with Gasteiger partial charge in [-0.1, -0.05) is 89.8 Å². The van der Waals surface area contributed by atoms with Crippen molar-refractivity contribution < 1.29 is 56.5 Å². The van der Waals surface area contributed by atoms with Gasteiger partial charge in [0.15, 0.2) is 18.6 Å². The van der Waals surface area contributed by atoms with Gasteiger partial charge < -0.3 is 23.8 Å². The minimum absolute atomic E-state index is 0.0748. The van der Waals surface area contributed by atoms with Crippen LogP contribution in [0.3, 0.4) is 0 Å². The highest BCUT2D eigenvalue weighted by Gasteiger charge is 2.33. The standard InChI is InChI=1S/C23H26FNO5.C22H23FO5/c1-15-5-9-18(10-6-15)22(26)29-14-17(3)21(20(24)13-25-28-4)30-23(27)19-11-7-16(2)8-12-19;1-14-4-8-17(9-5-14)21(25)27-13-16(3)20(19(23)12-24)28-22(26)18-10-6-15(2)7-11-18/h5-13,17,20-21H,14H2,1-4H3;4-12,16,19-20H,13H2,1-3H3/t17-,20+,21+;16-,19+,20+/m00/s1. The van der Waals surface area contributed by atoms with Gasteiger partial charge in [0.1, 0.15) is 19.3 Å². The van der Waals surface area contributed by atoms with E-state index in [1.54, 1.807) is 111 Å². The van der Waals surface area contributed by atoms with Crippen LogP contribution in [-0.2, 0) is 28.6 Å². The Hall–Kier alpha value is -6.24. The highest BCUT2D eigenvalue weighted by molar-refractivity contribution is 5.91. The van der Waals surface area contributed by atoms with Crippen molar-refractivity contribution in [3.63, 3.8) is 0 Å². The molecule has 0 aliphatic rings. The Morgan fingerprint density at radius 1 is 0.534 bits per heavy atom. The highest BCUT2D eigenvalue weighted by atomic mass is 19.1. The molecule has 0 N–H and O–H groups in total. The average Bonchev–Trinajstić information content (AvgIpc) is 3.22. The van der Waals surface area contributed by atoms with E-state index in [4.69, 9.17) is 18.9 Å². The van der Waals surface area contributed by atoms with Gasteiger partial charge in [0.25, 0.3) is 0 Å². The van der Waals surface area contributed by atoms with Crippen molar-refractivity contribution in [3.8, 4) is 0 Å². The number of benzene rings is 4.